The van der Waals surface area contributed by atoms with Crippen LogP contribution in [0.2, 0.25) is 0 Å². The number of nitrogens with zero attached hydrogens (tertiary/aromatic N) is 1. The molecule has 1 aromatic carbocycles. The largest absolute Gasteiger partial charge is 0.371 e. The molecule has 5 heteroatoms. The number of rotatable bonds is 6. The first-order valence-electron chi connectivity index (χ1n) is 7.54. The lowest BCUT2D eigenvalue weighted by atomic mass is 10.1. The lowest BCUT2D eigenvalue weighted by molar-refractivity contribution is -0.129. The molecule has 0 aromatic heterocycles. The molecule has 23 heavy (non-hydrogen) atoms. The fourth-order valence-electron chi connectivity index (χ4n) is 1.91. The Morgan fingerprint density at radius 2 is 2.00 bits per heavy atom. The lowest BCUT2D eigenvalue weighted by Gasteiger charge is -2.21. The molecular weight excluding hydrogens is 292 g/mol. The first kappa shape index (κ1) is 18.9. The monoisotopic (exact) mass is 318 g/mol. The van der Waals surface area contributed by atoms with Gasteiger partial charge in [0.25, 0.3) is 0 Å². The van der Waals surface area contributed by atoms with Gasteiger partial charge in [-0.3, -0.25) is 9.59 Å². The standard InChI is InChI=1S/C18H26N2O3/c1-7-17(22)20(6)11-16(21)19-15-10-8-9-14(13(15)2)12-23-18(3,4)5/h7-10H,1,11-12H2,2-6H3,(H,19,21). The van der Waals surface area contributed by atoms with E-state index in [0.29, 0.717) is 6.61 Å². The average Bonchev–Trinajstić information content (AvgIpc) is 2.46. The molecule has 0 aliphatic rings. The third kappa shape index (κ3) is 6.24. The van der Waals surface area contributed by atoms with Gasteiger partial charge in [-0.2, -0.15) is 0 Å². The fourth-order valence-corrected chi connectivity index (χ4v) is 1.91. The third-order valence-corrected chi connectivity index (χ3v) is 3.31. The number of carbonyl (C=O) groups excluding carboxylic acids is 2. The van der Waals surface area contributed by atoms with E-state index in [1.807, 2.05) is 45.9 Å². The minimum Gasteiger partial charge on any atom is -0.371 e. The summed E-state index contributed by atoms with van der Waals surface area (Å²) >= 11 is 0. The van der Waals surface area contributed by atoms with Crippen LogP contribution in [0.25, 0.3) is 0 Å². The molecule has 1 N–H and O–H groups in total. The van der Waals surface area contributed by atoms with Crippen LogP contribution in [0.3, 0.4) is 0 Å². The highest BCUT2D eigenvalue weighted by Crippen LogP contribution is 2.21. The number of amides is 2. The van der Waals surface area contributed by atoms with E-state index >= 15 is 0 Å². The average molecular weight is 318 g/mol. The van der Waals surface area contributed by atoms with E-state index in [9.17, 15) is 9.59 Å². The second-order valence-corrected chi connectivity index (χ2v) is 6.44. The van der Waals surface area contributed by atoms with Crippen LogP contribution in [0, 0.1) is 6.92 Å². The number of ether oxygens (including phenoxy) is 1. The second kappa shape index (κ2) is 7.92. The highest BCUT2D eigenvalue weighted by atomic mass is 16.5. The smallest absolute Gasteiger partial charge is 0.246 e. The van der Waals surface area contributed by atoms with Crippen molar-refractivity contribution in [2.45, 2.75) is 39.9 Å². The molecule has 0 fully saturated rings. The normalized spacial score (nSPS) is 11.0. The zero-order valence-electron chi connectivity index (χ0n) is 14.6. The third-order valence-electron chi connectivity index (χ3n) is 3.31. The minimum atomic E-state index is -0.288. The quantitative estimate of drug-likeness (QED) is 0.821. The van der Waals surface area contributed by atoms with Crippen LogP contribution in [0.1, 0.15) is 31.9 Å². The van der Waals surface area contributed by atoms with Crippen LogP contribution in [0.15, 0.2) is 30.9 Å². The highest BCUT2D eigenvalue weighted by molar-refractivity contribution is 5.96. The predicted molar refractivity (Wildman–Crippen MR) is 92.2 cm³/mol. The Hall–Kier alpha value is -2.14. The van der Waals surface area contributed by atoms with Gasteiger partial charge in [-0.25, -0.2) is 0 Å². The zero-order chi connectivity index (χ0) is 17.6. The molecule has 0 saturated heterocycles. The Balaban J connectivity index is 2.76. The summed E-state index contributed by atoms with van der Waals surface area (Å²) in [5.41, 5.74) is 2.49. The van der Waals surface area contributed by atoms with Crippen molar-refractivity contribution in [2.24, 2.45) is 0 Å². The molecule has 126 valence electrons. The molecule has 0 saturated carbocycles. The number of benzene rings is 1. The second-order valence-electron chi connectivity index (χ2n) is 6.44. The van der Waals surface area contributed by atoms with Gasteiger partial charge in [0.15, 0.2) is 0 Å². The van der Waals surface area contributed by atoms with Crippen LogP contribution in [-0.2, 0) is 20.9 Å². The first-order valence-corrected chi connectivity index (χ1v) is 7.54. The summed E-state index contributed by atoms with van der Waals surface area (Å²) in [5.74, 6) is -0.538. The predicted octanol–water partition coefficient (Wildman–Crippen LogP) is 2.89. The number of likely N-dealkylation sites (N-methyl/N-ethyl adjacent to an activating group) is 1. The van der Waals surface area contributed by atoms with Gasteiger partial charge < -0.3 is 15.0 Å². The van der Waals surface area contributed by atoms with E-state index in [-0.39, 0.29) is 24.0 Å². The summed E-state index contributed by atoms with van der Waals surface area (Å²) in [6.07, 6.45) is 1.18. The van der Waals surface area contributed by atoms with Gasteiger partial charge in [0.05, 0.1) is 18.8 Å². The number of anilines is 1. The SMILES string of the molecule is C=CC(=O)N(C)CC(=O)Nc1cccc(COC(C)(C)C)c1C. The summed E-state index contributed by atoms with van der Waals surface area (Å²) in [6, 6.07) is 5.69. The summed E-state index contributed by atoms with van der Waals surface area (Å²) in [5, 5.41) is 2.83. The lowest BCUT2D eigenvalue weighted by Crippen LogP contribution is -2.33. The molecule has 1 aromatic rings. The first-order chi connectivity index (χ1) is 10.6. The van der Waals surface area contributed by atoms with Crippen molar-refractivity contribution < 1.29 is 14.3 Å². The van der Waals surface area contributed by atoms with Gasteiger partial charge in [0, 0.05) is 12.7 Å². The highest BCUT2D eigenvalue weighted by Gasteiger charge is 2.14. The van der Waals surface area contributed by atoms with E-state index in [0.717, 1.165) is 16.8 Å². The maximum absolute atomic E-state index is 12.1. The molecule has 2 amide bonds. The van der Waals surface area contributed by atoms with E-state index in [1.165, 1.54) is 11.0 Å². The number of nitrogens with one attached hydrogen (secondary N) is 1. The Labute approximate surface area is 138 Å². The van der Waals surface area contributed by atoms with E-state index in [4.69, 9.17) is 4.74 Å². The van der Waals surface area contributed by atoms with Crippen LogP contribution in [-0.4, -0.2) is 35.9 Å². The number of hydrogen-bond donors (Lipinski definition) is 1. The summed E-state index contributed by atoms with van der Waals surface area (Å²) in [4.78, 5) is 24.8. The van der Waals surface area contributed by atoms with Crippen molar-refractivity contribution in [3.63, 3.8) is 0 Å². The molecule has 0 aliphatic heterocycles. The number of carbonyl (C=O) groups is 2. The van der Waals surface area contributed by atoms with Crippen molar-refractivity contribution in [3.8, 4) is 0 Å². The topological polar surface area (TPSA) is 58.6 Å². The molecule has 5 nitrogen and oxygen atoms in total. The van der Waals surface area contributed by atoms with Gasteiger partial charge >= 0.3 is 0 Å². The van der Waals surface area contributed by atoms with Crippen molar-refractivity contribution >= 4 is 17.5 Å². The molecule has 0 aliphatic carbocycles. The Kier molecular flexibility index (Phi) is 6.51. The van der Waals surface area contributed by atoms with Crippen molar-refractivity contribution in [1.29, 1.82) is 0 Å². The molecule has 0 bridgehead atoms. The van der Waals surface area contributed by atoms with Crippen LogP contribution < -0.4 is 5.32 Å². The summed E-state index contributed by atoms with van der Waals surface area (Å²) in [7, 11) is 1.56. The van der Waals surface area contributed by atoms with Crippen molar-refractivity contribution in [3.05, 3.63) is 42.0 Å². The zero-order valence-corrected chi connectivity index (χ0v) is 14.6. The summed E-state index contributed by atoms with van der Waals surface area (Å²) in [6.45, 7) is 11.8. The molecule has 0 spiro atoms. The molecule has 0 heterocycles. The van der Waals surface area contributed by atoms with E-state index in [1.54, 1.807) is 7.05 Å². The van der Waals surface area contributed by atoms with Crippen molar-refractivity contribution in [1.82, 2.24) is 4.90 Å². The van der Waals surface area contributed by atoms with E-state index in [2.05, 4.69) is 11.9 Å². The molecular formula is C18H26N2O3. The Morgan fingerprint density at radius 1 is 1.35 bits per heavy atom. The van der Waals surface area contributed by atoms with Crippen LogP contribution >= 0.6 is 0 Å². The number of hydrogen-bond acceptors (Lipinski definition) is 3. The van der Waals surface area contributed by atoms with Gasteiger partial charge in [0.2, 0.25) is 11.8 Å². The van der Waals surface area contributed by atoms with Crippen molar-refractivity contribution in [2.75, 3.05) is 18.9 Å². The Morgan fingerprint density at radius 3 is 2.57 bits per heavy atom. The molecule has 1 rings (SSSR count). The molecule has 0 atom stereocenters. The molecule has 0 radical (unpaired) electrons. The maximum atomic E-state index is 12.1. The van der Waals surface area contributed by atoms with Crippen LogP contribution in [0.5, 0.6) is 0 Å². The van der Waals surface area contributed by atoms with Gasteiger partial charge in [0.1, 0.15) is 0 Å². The summed E-state index contributed by atoms with van der Waals surface area (Å²) < 4.78 is 5.79. The van der Waals surface area contributed by atoms with E-state index < -0.39 is 0 Å². The maximum Gasteiger partial charge on any atom is 0.246 e. The minimum absolute atomic E-state index is 0.0208. The Bertz CT molecular complexity index is 588. The van der Waals surface area contributed by atoms with Crippen LogP contribution in [0.4, 0.5) is 5.69 Å². The van der Waals surface area contributed by atoms with Gasteiger partial charge in [-0.05, 0) is 51.0 Å². The fraction of sp³-hybridized carbons (Fsp3) is 0.444. The molecule has 0 unspecified atom stereocenters. The van der Waals surface area contributed by atoms with Gasteiger partial charge in [-0.15, -0.1) is 0 Å². The van der Waals surface area contributed by atoms with Gasteiger partial charge in [-0.1, -0.05) is 18.7 Å².